The predicted octanol–water partition coefficient (Wildman–Crippen LogP) is 2.65. The Morgan fingerprint density at radius 3 is 2.90 bits per heavy atom. The fraction of sp³-hybridized carbons (Fsp3) is 0.250. The van der Waals surface area contributed by atoms with Gasteiger partial charge in [0.25, 0.3) is 0 Å². The van der Waals surface area contributed by atoms with E-state index >= 15 is 0 Å². The molecule has 1 aromatic carbocycles. The maximum Gasteiger partial charge on any atom is 0.119 e. The van der Waals surface area contributed by atoms with Gasteiger partial charge < -0.3 is 4.74 Å². The summed E-state index contributed by atoms with van der Waals surface area (Å²) in [5.41, 5.74) is 0. The van der Waals surface area contributed by atoms with E-state index in [1.165, 1.54) is 0 Å². The van der Waals surface area contributed by atoms with Gasteiger partial charge in [0.15, 0.2) is 0 Å². The van der Waals surface area contributed by atoms with Gasteiger partial charge in [0.05, 0.1) is 6.61 Å². The maximum atomic E-state index is 5.21. The number of hydrogen-bond acceptors (Lipinski definition) is 1. The molecule has 0 spiro atoms. The summed E-state index contributed by atoms with van der Waals surface area (Å²) in [7, 11) is 0. The molecule has 0 fully saturated rings. The summed E-state index contributed by atoms with van der Waals surface area (Å²) < 4.78 is 6.16. The zero-order valence-electron chi connectivity index (χ0n) is 5.73. The molecule has 0 aliphatic carbocycles. The topological polar surface area (TPSA) is 9.23 Å². The third-order valence-electron chi connectivity index (χ3n) is 1.06. The molecule has 0 amide bonds. The zero-order chi connectivity index (χ0) is 7.40. The Hall–Kier alpha value is -0.500. The molecule has 1 rings (SSSR count). The molecule has 0 aromatic heterocycles. The van der Waals surface area contributed by atoms with Crippen LogP contribution in [0.15, 0.2) is 22.7 Å². The Morgan fingerprint density at radius 1 is 1.60 bits per heavy atom. The van der Waals surface area contributed by atoms with Crippen LogP contribution in [-0.4, -0.2) is 6.61 Å². The number of benzene rings is 1. The van der Waals surface area contributed by atoms with Gasteiger partial charge in [-0.3, -0.25) is 0 Å². The number of halogens is 1. The Balaban J connectivity index is 2.69. The molecule has 0 bridgehead atoms. The molecule has 0 N–H and O–H groups in total. The Bertz CT molecular complexity index is 193. The average Bonchev–Trinajstić information content (AvgIpc) is 1.95. The van der Waals surface area contributed by atoms with Crippen molar-refractivity contribution >= 4 is 15.9 Å². The van der Waals surface area contributed by atoms with Crippen LogP contribution in [0.2, 0.25) is 0 Å². The molecule has 1 radical (unpaired) electrons. The molecule has 1 aromatic rings. The zero-order valence-corrected chi connectivity index (χ0v) is 7.31. The lowest BCUT2D eigenvalue weighted by molar-refractivity contribution is 0.340. The van der Waals surface area contributed by atoms with Gasteiger partial charge in [-0.05, 0) is 25.1 Å². The van der Waals surface area contributed by atoms with E-state index in [4.69, 9.17) is 4.74 Å². The number of hydrogen-bond donors (Lipinski definition) is 0. The standard InChI is InChI=1S/C8H8BrO/c1-2-10-8-5-3-7(9)4-6-8/h3,5-6H,2H2,1H3. The van der Waals surface area contributed by atoms with Gasteiger partial charge in [-0.2, -0.15) is 0 Å². The molecule has 1 nitrogen and oxygen atoms in total. The number of ether oxygens (including phenoxy) is 1. The largest absolute Gasteiger partial charge is 0.494 e. The van der Waals surface area contributed by atoms with E-state index in [1.54, 1.807) is 0 Å². The smallest absolute Gasteiger partial charge is 0.119 e. The SMILES string of the molecule is CCOc1c[c]c(Br)cc1. The Morgan fingerprint density at radius 2 is 2.40 bits per heavy atom. The lowest BCUT2D eigenvalue weighted by atomic mass is 10.3. The van der Waals surface area contributed by atoms with Crippen LogP contribution in [0.3, 0.4) is 0 Å². The van der Waals surface area contributed by atoms with Gasteiger partial charge in [0.1, 0.15) is 5.75 Å². The summed E-state index contributed by atoms with van der Waals surface area (Å²) in [6.07, 6.45) is 0. The minimum absolute atomic E-state index is 0.704. The van der Waals surface area contributed by atoms with Crippen molar-refractivity contribution in [3.63, 3.8) is 0 Å². The quantitative estimate of drug-likeness (QED) is 0.712. The van der Waals surface area contributed by atoms with Crippen molar-refractivity contribution in [1.29, 1.82) is 0 Å². The maximum absolute atomic E-state index is 5.21. The monoisotopic (exact) mass is 199 g/mol. The molecule has 10 heavy (non-hydrogen) atoms. The van der Waals surface area contributed by atoms with E-state index in [1.807, 2.05) is 25.1 Å². The van der Waals surface area contributed by atoms with Crippen molar-refractivity contribution in [3.8, 4) is 5.75 Å². The Kier molecular flexibility index (Phi) is 2.75. The van der Waals surface area contributed by atoms with Gasteiger partial charge in [0.2, 0.25) is 0 Å². The first-order valence-electron chi connectivity index (χ1n) is 3.13. The van der Waals surface area contributed by atoms with Crippen molar-refractivity contribution in [3.05, 3.63) is 28.7 Å². The summed E-state index contributed by atoms with van der Waals surface area (Å²) in [6.45, 7) is 2.66. The van der Waals surface area contributed by atoms with E-state index in [-0.39, 0.29) is 0 Å². The fourth-order valence-electron chi connectivity index (χ4n) is 0.648. The molecular weight excluding hydrogens is 192 g/mol. The first-order chi connectivity index (χ1) is 4.83. The van der Waals surface area contributed by atoms with Gasteiger partial charge in [-0.15, -0.1) is 0 Å². The second-order valence-corrected chi connectivity index (χ2v) is 2.66. The summed E-state index contributed by atoms with van der Waals surface area (Å²) in [4.78, 5) is 0. The molecule has 0 heterocycles. The van der Waals surface area contributed by atoms with Gasteiger partial charge >= 0.3 is 0 Å². The minimum atomic E-state index is 0.704. The van der Waals surface area contributed by atoms with Crippen molar-refractivity contribution in [2.75, 3.05) is 6.61 Å². The van der Waals surface area contributed by atoms with Crippen LogP contribution in [0.5, 0.6) is 5.75 Å². The van der Waals surface area contributed by atoms with Crippen molar-refractivity contribution < 1.29 is 4.74 Å². The highest BCUT2D eigenvalue weighted by Gasteiger charge is 1.89. The summed E-state index contributed by atoms with van der Waals surface area (Å²) >= 11 is 3.29. The lowest BCUT2D eigenvalue weighted by Crippen LogP contribution is -1.89. The molecule has 0 aliphatic heterocycles. The molecule has 0 unspecified atom stereocenters. The first-order valence-corrected chi connectivity index (χ1v) is 3.92. The van der Waals surface area contributed by atoms with Crippen LogP contribution in [0.25, 0.3) is 0 Å². The van der Waals surface area contributed by atoms with Crippen LogP contribution >= 0.6 is 15.9 Å². The van der Waals surface area contributed by atoms with Gasteiger partial charge in [-0.1, -0.05) is 15.9 Å². The molecule has 0 saturated carbocycles. The van der Waals surface area contributed by atoms with Crippen molar-refractivity contribution in [2.24, 2.45) is 0 Å². The molecule has 0 saturated heterocycles. The highest BCUT2D eigenvalue weighted by Crippen LogP contribution is 2.14. The first kappa shape index (κ1) is 7.61. The van der Waals surface area contributed by atoms with Crippen molar-refractivity contribution in [2.45, 2.75) is 6.92 Å². The third kappa shape index (κ3) is 2.03. The van der Waals surface area contributed by atoms with Gasteiger partial charge in [-0.25, -0.2) is 0 Å². The minimum Gasteiger partial charge on any atom is -0.494 e. The van der Waals surface area contributed by atoms with Gasteiger partial charge in [0, 0.05) is 10.5 Å². The lowest BCUT2D eigenvalue weighted by Gasteiger charge is -2.00. The number of rotatable bonds is 2. The van der Waals surface area contributed by atoms with Crippen LogP contribution < -0.4 is 4.74 Å². The summed E-state index contributed by atoms with van der Waals surface area (Å²) in [5, 5.41) is 0. The van der Waals surface area contributed by atoms with Crippen LogP contribution in [0, 0.1) is 6.07 Å². The third-order valence-corrected chi connectivity index (χ3v) is 1.55. The predicted molar refractivity (Wildman–Crippen MR) is 44.1 cm³/mol. The average molecular weight is 200 g/mol. The van der Waals surface area contributed by atoms with E-state index in [2.05, 4.69) is 22.0 Å². The molecule has 0 aliphatic rings. The normalized spacial score (nSPS) is 9.40. The molecule has 53 valence electrons. The van der Waals surface area contributed by atoms with E-state index in [0.717, 1.165) is 10.2 Å². The molecule has 2 heteroatoms. The fourth-order valence-corrected chi connectivity index (χ4v) is 0.895. The molecule has 0 atom stereocenters. The second kappa shape index (κ2) is 3.62. The highest BCUT2D eigenvalue weighted by molar-refractivity contribution is 9.10. The highest BCUT2D eigenvalue weighted by atomic mass is 79.9. The van der Waals surface area contributed by atoms with Crippen LogP contribution in [0.4, 0.5) is 0 Å². The van der Waals surface area contributed by atoms with Crippen molar-refractivity contribution in [1.82, 2.24) is 0 Å². The van der Waals surface area contributed by atoms with E-state index in [0.29, 0.717) is 6.61 Å². The molecular formula is C8H8BrO. The van der Waals surface area contributed by atoms with Crippen LogP contribution in [-0.2, 0) is 0 Å². The second-order valence-electron chi connectivity index (χ2n) is 1.81. The van der Waals surface area contributed by atoms with E-state index < -0.39 is 0 Å². The van der Waals surface area contributed by atoms with E-state index in [9.17, 15) is 0 Å². The van der Waals surface area contributed by atoms with Crippen LogP contribution in [0.1, 0.15) is 6.92 Å². The summed E-state index contributed by atoms with van der Waals surface area (Å²) in [5.74, 6) is 0.866. The summed E-state index contributed by atoms with van der Waals surface area (Å²) in [6, 6.07) is 8.60. The Labute approximate surface area is 69.1 Å².